The van der Waals surface area contributed by atoms with Gasteiger partial charge in [0.25, 0.3) is 11.8 Å². The van der Waals surface area contributed by atoms with Gasteiger partial charge in [-0.3, -0.25) is 24.2 Å². The molecule has 2 heterocycles. The molecule has 1 saturated heterocycles. The summed E-state index contributed by atoms with van der Waals surface area (Å²) in [6.07, 6.45) is 0. The van der Waals surface area contributed by atoms with E-state index in [1.165, 1.54) is 9.80 Å². The number of thioether (sulfide) groups is 1. The molecule has 1 fully saturated rings. The highest BCUT2D eigenvalue weighted by Crippen LogP contribution is 2.44. The fraction of sp³-hybridized carbons (Fsp3) is 0.182. The van der Waals surface area contributed by atoms with E-state index < -0.39 is 5.91 Å². The Balaban J connectivity index is 1.58. The molecule has 0 aliphatic carbocycles. The monoisotopic (exact) mass is 453 g/mol. The van der Waals surface area contributed by atoms with E-state index >= 15 is 0 Å². The van der Waals surface area contributed by atoms with Crippen LogP contribution in [0.5, 0.6) is 5.75 Å². The number of fused-ring (bicyclic) bond motifs is 1. The number of nitrogens with one attached hydrogen (secondary N) is 1. The molecule has 31 heavy (non-hydrogen) atoms. The van der Waals surface area contributed by atoms with E-state index in [0.29, 0.717) is 38.5 Å². The molecule has 0 spiro atoms. The zero-order chi connectivity index (χ0) is 22.1. The minimum atomic E-state index is -0.392. The van der Waals surface area contributed by atoms with E-state index in [1.807, 2.05) is 6.92 Å². The first-order chi connectivity index (χ1) is 14.9. The van der Waals surface area contributed by atoms with Crippen molar-refractivity contribution in [1.82, 2.24) is 4.90 Å². The molecule has 0 unspecified atom stereocenters. The summed E-state index contributed by atoms with van der Waals surface area (Å²) < 4.78 is 5.79. The van der Waals surface area contributed by atoms with Crippen LogP contribution in [0.1, 0.15) is 12.5 Å². The predicted molar refractivity (Wildman–Crippen MR) is 125 cm³/mol. The van der Waals surface area contributed by atoms with Crippen molar-refractivity contribution in [3.8, 4) is 5.75 Å². The number of carbonyl (C=O) groups excluding carboxylic acids is 3. The zero-order valence-corrected chi connectivity index (χ0v) is 18.5. The third-order valence-corrected chi connectivity index (χ3v) is 6.42. The molecule has 7 nitrogen and oxygen atoms in total. The Morgan fingerprint density at radius 1 is 1.10 bits per heavy atom. The summed E-state index contributed by atoms with van der Waals surface area (Å²) in [7, 11) is 1.58. The van der Waals surface area contributed by atoms with E-state index in [4.69, 9.17) is 17.0 Å². The number of para-hydroxylation sites is 1. The normalized spacial score (nSPS) is 17.9. The van der Waals surface area contributed by atoms with Crippen molar-refractivity contribution in [2.24, 2.45) is 0 Å². The van der Waals surface area contributed by atoms with Crippen LogP contribution >= 0.6 is 24.0 Å². The summed E-state index contributed by atoms with van der Waals surface area (Å²) in [5.41, 5.74) is 2.09. The van der Waals surface area contributed by atoms with Crippen molar-refractivity contribution in [1.29, 1.82) is 0 Å². The summed E-state index contributed by atoms with van der Waals surface area (Å²) >= 11 is 6.31. The number of likely N-dealkylation sites (N-methyl/N-ethyl adjacent to an activating group) is 1. The van der Waals surface area contributed by atoms with E-state index in [2.05, 4.69) is 5.32 Å². The molecule has 2 aromatic carbocycles. The number of amides is 3. The highest BCUT2D eigenvalue weighted by molar-refractivity contribution is 8.26. The summed E-state index contributed by atoms with van der Waals surface area (Å²) in [4.78, 5) is 41.6. The summed E-state index contributed by atoms with van der Waals surface area (Å²) in [5, 5.41) is 2.79. The van der Waals surface area contributed by atoms with E-state index in [0.717, 1.165) is 11.8 Å². The van der Waals surface area contributed by atoms with Crippen LogP contribution in [0.3, 0.4) is 0 Å². The van der Waals surface area contributed by atoms with Gasteiger partial charge in [-0.25, -0.2) is 0 Å². The van der Waals surface area contributed by atoms with Crippen LogP contribution in [0.25, 0.3) is 5.57 Å². The molecule has 9 heteroatoms. The average molecular weight is 454 g/mol. The number of hydrogen-bond donors (Lipinski definition) is 1. The largest absolute Gasteiger partial charge is 0.494 e. The second-order valence-corrected chi connectivity index (χ2v) is 8.49. The maximum absolute atomic E-state index is 13.3. The van der Waals surface area contributed by atoms with E-state index in [1.54, 1.807) is 55.6 Å². The van der Waals surface area contributed by atoms with Crippen molar-refractivity contribution in [2.45, 2.75) is 6.92 Å². The Hall–Kier alpha value is -3.17. The fourth-order valence-corrected chi connectivity index (χ4v) is 4.65. The summed E-state index contributed by atoms with van der Waals surface area (Å²) in [5.74, 6) is -0.343. The van der Waals surface area contributed by atoms with Crippen LogP contribution in [-0.4, -0.2) is 47.1 Å². The number of rotatable bonds is 5. The first-order valence-electron chi connectivity index (χ1n) is 9.58. The van der Waals surface area contributed by atoms with Crippen molar-refractivity contribution in [3.05, 3.63) is 59.0 Å². The zero-order valence-electron chi connectivity index (χ0n) is 16.9. The smallest absolute Gasteiger partial charge is 0.266 e. The Labute approximate surface area is 189 Å². The number of ether oxygens (including phenoxy) is 1. The minimum Gasteiger partial charge on any atom is -0.494 e. The van der Waals surface area contributed by atoms with Crippen molar-refractivity contribution in [3.63, 3.8) is 0 Å². The average Bonchev–Trinajstić information content (AvgIpc) is 3.17. The van der Waals surface area contributed by atoms with Crippen molar-refractivity contribution in [2.75, 3.05) is 30.4 Å². The lowest BCUT2D eigenvalue weighted by atomic mass is 10.1. The molecule has 2 aromatic rings. The second kappa shape index (κ2) is 8.52. The van der Waals surface area contributed by atoms with E-state index in [-0.39, 0.29) is 23.9 Å². The van der Waals surface area contributed by atoms with Crippen LogP contribution in [0.15, 0.2) is 53.4 Å². The molecule has 0 bridgehead atoms. The van der Waals surface area contributed by atoms with Crippen molar-refractivity contribution >= 4 is 63.0 Å². The molecule has 2 aliphatic heterocycles. The Morgan fingerprint density at radius 2 is 1.81 bits per heavy atom. The lowest BCUT2D eigenvalue weighted by Gasteiger charge is -2.17. The van der Waals surface area contributed by atoms with Crippen LogP contribution in [-0.2, 0) is 14.4 Å². The first kappa shape index (κ1) is 21.1. The van der Waals surface area contributed by atoms with Gasteiger partial charge >= 0.3 is 0 Å². The quantitative estimate of drug-likeness (QED) is 0.553. The highest BCUT2D eigenvalue weighted by Gasteiger charge is 2.41. The van der Waals surface area contributed by atoms with Crippen LogP contribution in [0.4, 0.5) is 11.4 Å². The Bertz CT molecular complexity index is 1130. The second-order valence-electron chi connectivity index (χ2n) is 6.85. The predicted octanol–water partition coefficient (Wildman–Crippen LogP) is 3.27. The van der Waals surface area contributed by atoms with Crippen LogP contribution in [0.2, 0.25) is 0 Å². The standard InChI is InChI=1S/C22H19N3O4S2/c1-3-29-14-10-8-13(9-11-14)23-17(26)12-25-16-7-5-4-6-15(16)18(20(25)27)19-21(28)24(2)22(30)31-19/h4-11H,3,12H2,1-2H3,(H,23,26). The maximum atomic E-state index is 13.3. The minimum absolute atomic E-state index is 0.182. The highest BCUT2D eigenvalue weighted by atomic mass is 32.2. The lowest BCUT2D eigenvalue weighted by molar-refractivity contribution is -0.121. The van der Waals surface area contributed by atoms with Gasteiger partial charge in [0.2, 0.25) is 5.91 Å². The van der Waals surface area contributed by atoms with Gasteiger partial charge in [0.1, 0.15) is 16.6 Å². The molecule has 0 saturated carbocycles. The topological polar surface area (TPSA) is 79.0 Å². The van der Waals surface area contributed by atoms with Crippen molar-refractivity contribution < 1.29 is 19.1 Å². The van der Waals surface area contributed by atoms with Gasteiger partial charge < -0.3 is 10.1 Å². The molecule has 0 radical (unpaired) electrons. The van der Waals surface area contributed by atoms with E-state index in [9.17, 15) is 14.4 Å². The number of anilines is 2. The van der Waals surface area contributed by atoms with Gasteiger partial charge in [-0.05, 0) is 37.3 Å². The third-order valence-electron chi connectivity index (χ3n) is 4.86. The van der Waals surface area contributed by atoms with Gasteiger partial charge in [-0.1, -0.05) is 42.2 Å². The van der Waals surface area contributed by atoms with Crippen LogP contribution < -0.4 is 15.0 Å². The van der Waals surface area contributed by atoms with Gasteiger partial charge in [0.15, 0.2) is 0 Å². The number of hydrogen-bond acceptors (Lipinski definition) is 6. The lowest BCUT2D eigenvalue weighted by Crippen LogP contribution is -2.35. The number of benzene rings is 2. The molecule has 2 aliphatic rings. The van der Waals surface area contributed by atoms with Gasteiger partial charge in [-0.15, -0.1) is 0 Å². The fourth-order valence-electron chi connectivity index (χ4n) is 3.39. The number of nitrogens with zero attached hydrogens (tertiary/aromatic N) is 2. The molecular weight excluding hydrogens is 434 g/mol. The molecular formula is C22H19N3O4S2. The van der Waals surface area contributed by atoms with Crippen LogP contribution in [0, 0.1) is 0 Å². The third kappa shape index (κ3) is 3.94. The Morgan fingerprint density at radius 3 is 2.45 bits per heavy atom. The van der Waals surface area contributed by atoms with Gasteiger partial charge in [0, 0.05) is 18.3 Å². The van der Waals surface area contributed by atoms with Gasteiger partial charge in [-0.2, -0.15) is 0 Å². The molecule has 0 aromatic heterocycles. The molecule has 158 valence electrons. The maximum Gasteiger partial charge on any atom is 0.266 e. The number of thiocarbonyl (C=S) groups is 1. The molecule has 3 amide bonds. The summed E-state index contributed by atoms with van der Waals surface area (Å²) in [6, 6.07) is 14.1. The Kier molecular flexibility index (Phi) is 5.79. The SMILES string of the molecule is CCOc1ccc(NC(=O)CN2C(=O)C(=C3SC(=S)N(C)C3=O)c3ccccc32)cc1. The molecule has 0 atom stereocenters. The number of carbonyl (C=O) groups is 3. The van der Waals surface area contributed by atoms with Gasteiger partial charge in [0.05, 0.1) is 22.8 Å². The summed E-state index contributed by atoms with van der Waals surface area (Å²) in [6.45, 7) is 2.27. The molecule has 4 rings (SSSR count). The first-order valence-corrected chi connectivity index (χ1v) is 10.8. The molecule has 1 N–H and O–H groups in total.